The van der Waals surface area contributed by atoms with Crippen LogP contribution < -0.4 is 0 Å². The Morgan fingerprint density at radius 3 is 2.57 bits per heavy atom. The number of carbonyl (C=O) groups is 1. The molecule has 30 heavy (non-hydrogen) atoms. The van der Waals surface area contributed by atoms with Crippen molar-refractivity contribution in [1.82, 2.24) is 4.90 Å². The highest BCUT2D eigenvalue weighted by Crippen LogP contribution is 2.45. The van der Waals surface area contributed by atoms with E-state index in [2.05, 4.69) is 0 Å². The van der Waals surface area contributed by atoms with Gasteiger partial charge in [0, 0.05) is 15.4 Å². The van der Waals surface area contributed by atoms with Gasteiger partial charge < -0.3 is 9.84 Å². The molecule has 1 aromatic carbocycles. The highest BCUT2D eigenvalue weighted by Gasteiger charge is 2.61. The number of nitro groups is 1. The van der Waals surface area contributed by atoms with Crippen molar-refractivity contribution in [1.29, 1.82) is 0 Å². The van der Waals surface area contributed by atoms with Gasteiger partial charge in [0.15, 0.2) is 0 Å². The topological polar surface area (TPSA) is 92.9 Å². The van der Waals surface area contributed by atoms with Crippen LogP contribution >= 0.6 is 11.3 Å². The van der Waals surface area contributed by atoms with Crippen LogP contribution in [0.5, 0.6) is 0 Å². The van der Waals surface area contributed by atoms with Crippen molar-refractivity contribution in [2.24, 2.45) is 11.8 Å². The van der Waals surface area contributed by atoms with Gasteiger partial charge in [0.1, 0.15) is 17.9 Å². The molecule has 5 atom stereocenters. The molecule has 1 aromatic heterocycles. The molecule has 7 nitrogen and oxygen atoms in total. The smallest absolute Gasteiger partial charge is 0.321 e. The number of carboxylic acids is 1. The third kappa shape index (κ3) is 4.23. The number of benzene rings is 1. The number of hydrogen-bond donors (Lipinski definition) is 1. The molecule has 9 heteroatoms. The first kappa shape index (κ1) is 22.3. The lowest BCUT2D eigenvalue weighted by Crippen LogP contribution is -2.47. The summed E-state index contributed by atoms with van der Waals surface area (Å²) >= 11 is 1.36. The number of rotatable bonds is 8. The molecule has 1 aliphatic heterocycles. The summed E-state index contributed by atoms with van der Waals surface area (Å²) in [5.74, 6) is -2.67. The van der Waals surface area contributed by atoms with E-state index in [1.165, 1.54) is 17.4 Å². The summed E-state index contributed by atoms with van der Waals surface area (Å²) in [4.78, 5) is 26.3. The van der Waals surface area contributed by atoms with Crippen LogP contribution in [0.4, 0.5) is 4.39 Å². The van der Waals surface area contributed by atoms with Crippen LogP contribution in [0.15, 0.2) is 41.8 Å². The molecule has 2 aromatic rings. The maximum atomic E-state index is 14.0. The third-order valence-corrected chi connectivity index (χ3v) is 6.66. The molecule has 0 amide bonds. The number of likely N-dealkylation sites (N-methyl/N-ethyl adjacent to an activating group) is 1. The highest BCUT2D eigenvalue weighted by molar-refractivity contribution is 7.10. The monoisotopic (exact) mass is 436 g/mol. The summed E-state index contributed by atoms with van der Waals surface area (Å²) in [6, 6.07) is 6.80. The number of carboxylic acid groups (broad SMARTS) is 1. The molecule has 1 aliphatic rings. The number of thiophene rings is 1. The Bertz CT molecular complexity index is 891. The van der Waals surface area contributed by atoms with E-state index in [1.54, 1.807) is 42.3 Å². The lowest BCUT2D eigenvalue weighted by molar-refractivity contribution is -0.536. The van der Waals surface area contributed by atoms with Crippen LogP contribution in [-0.4, -0.2) is 46.1 Å². The van der Waals surface area contributed by atoms with Crippen molar-refractivity contribution in [2.75, 3.05) is 7.05 Å². The maximum absolute atomic E-state index is 14.0. The number of hydrogen-bond acceptors (Lipinski definition) is 6. The molecule has 1 saturated heterocycles. The standard InChI is InChI=1S/C21H25FN2O5S/c1-12(2)20(29-11-13-7-4-5-8-14(13)22)16-18(24(27)28)17(15-9-6-10-30-15)23(3)19(16)21(25)26/h4-10,12,16-20H,11H2,1-3H3,(H,25,26)/t16-,17+,18-,19-,20-/m0/s1. The van der Waals surface area contributed by atoms with Crippen molar-refractivity contribution in [2.45, 2.75) is 44.7 Å². The van der Waals surface area contributed by atoms with Crippen LogP contribution in [0.1, 0.15) is 30.3 Å². The first-order valence-electron chi connectivity index (χ1n) is 9.70. The average Bonchev–Trinajstić information content (AvgIpc) is 3.29. The summed E-state index contributed by atoms with van der Waals surface area (Å²) in [5.41, 5.74) is 0.328. The third-order valence-electron chi connectivity index (χ3n) is 5.72. The summed E-state index contributed by atoms with van der Waals surface area (Å²) in [5, 5.41) is 23.9. The van der Waals surface area contributed by atoms with Gasteiger partial charge in [0.25, 0.3) is 0 Å². The Morgan fingerprint density at radius 2 is 2.03 bits per heavy atom. The number of halogens is 1. The second-order valence-electron chi connectivity index (χ2n) is 7.87. The predicted molar refractivity (Wildman–Crippen MR) is 110 cm³/mol. The lowest BCUT2D eigenvalue weighted by Gasteiger charge is -2.31. The van der Waals surface area contributed by atoms with E-state index in [9.17, 15) is 24.4 Å². The van der Waals surface area contributed by atoms with E-state index in [0.717, 1.165) is 4.88 Å². The van der Waals surface area contributed by atoms with Gasteiger partial charge in [-0.25, -0.2) is 4.39 Å². The maximum Gasteiger partial charge on any atom is 0.321 e. The second-order valence-corrected chi connectivity index (χ2v) is 8.85. The Hall–Kier alpha value is -2.36. The molecular weight excluding hydrogens is 411 g/mol. The van der Waals surface area contributed by atoms with Gasteiger partial charge in [0.05, 0.1) is 18.6 Å². The normalized spacial score (nSPS) is 25.5. The van der Waals surface area contributed by atoms with Gasteiger partial charge >= 0.3 is 5.97 Å². The van der Waals surface area contributed by atoms with E-state index in [0.29, 0.717) is 5.56 Å². The highest BCUT2D eigenvalue weighted by atomic mass is 32.1. The average molecular weight is 437 g/mol. The zero-order valence-electron chi connectivity index (χ0n) is 17.0. The Morgan fingerprint density at radius 1 is 1.33 bits per heavy atom. The number of likely N-dealkylation sites (tertiary alicyclic amines) is 1. The molecule has 0 bridgehead atoms. The van der Waals surface area contributed by atoms with Crippen molar-refractivity contribution in [3.05, 3.63) is 68.2 Å². The van der Waals surface area contributed by atoms with Gasteiger partial charge in [0.2, 0.25) is 6.04 Å². The van der Waals surface area contributed by atoms with Crippen molar-refractivity contribution >= 4 is 17.3 Å². The van der Waals surface area contributed by atoms with Gasteiger partial charge in [-0.2, -0.15) is 0 Å². The molecule has 162 valence electrons. The van der Waals surface area contributed by atoms with E-state index in [-0.39, 0.29) is 12.5 Å². The van der Waals surface area contributed by atoms with Gasteiger partial charge in [-0.1, -0.05) is 38.1 Å². The predicted octanol–water partition coefficient (Wildman–Crippen LogP) is 3.83. The fourth-order valence-corrected chi connectivity index (χ4v) is 5.35. The minimum Gasteiger partial charge on any atom is -0.480 e. The second kappa shape index (κ2) is 9.20. The molecule has 2 heterocycles. The van der Waals surface area contributed by atoms with E-state index >= 15 is 0 Å². The largest absolute Gasteiger partial charge is 0.480 e. The molecule has 1 N–H and O–H groups in total. The molecule has 0 radical (unpaired) electrons. The Kier molecular flexibility index (Phi) is 6.84. The van der Waals surface area contributed by atoms with Crippen molar-refractivity contribution in [3.8, 4) is 0 Å². The number of aliphatic carboxylic acids is 1. The van der Waals surface area contributed by atoms with Crippen LogP contribution in [0.2, 0.25) is 0 Å². The lowest BCUT2D eigenvalue weighted by atomic mass is 9.83. The summed E-state index contributed by atoms with van der Waals surface area (Å²) in [6.07, 6.45) is -0.742. The minimum absolute atomic E-state index is 0.0871. The van der Waals surface area contributed by atoms with Gasteiger partial charge in [-0.05, 0) is 30.5 Å². The first-order chi connectivity index (χ1) is 14.2. The zero-order chi connectivity index (χ0) is 22.0. The van der Waals surface area contributed by atoms with E-state index in [4.69, 9.17) is 4.74 Å². The minimum atomic E-state index is -1.16. The summed E-state index contributed by atoms with van der Waals surface area (Å²) in [7, 11) is 1.61. The Labute approximate surface area is 178 Å². The van der Waals surface area contributed by atoms with Crippen LogP contribution in [0.25, 0.3) is 0 Å². The molecule has 0 saturated carbocycles. The van der Waals surface area contributed by atoms with Crippen LogP contribution in [0, 0.1) is 27.8 Å². The quantitative estimate of drug-likeness (QED) is 0.499. The zero-order valence-corrected chi connectivity index (χ0v) is 17.8. The molecule has 0 aliphatic carbocycles. The summed E-state index contributed by atoms with van der Waals surface area (Å²) in [6.45, 7) is 3.58. The number of ether oxygens (including phenoxy) is 1. The van der Waals surface area contributed by atoms with E-state index in [1.807, 2.05) is 19.2 Å². The SMILES string of the molecule is CC(C)[C@H](OCc1ccccc1F)[C@H]1[C@H]([N+](=O)[O-])[C@@H](c2cccs2)N(C)[C@@H]1C(=O)O. The number of nitrogens with zero attached hydrogens (tertiary/aromatic N) is 2. The van der Waals surface area contributed by atoms with Gasteiger partial charge in [-0.3, -0.25) is 19.8 Å². The van der Waals surface area contributed by atoms with Crippen LogP contribution in [0.3, 0.4) is 0 Å². The molecular formula is C21H25FN2O5S. The molecule has 1 fully saturated rings. The fourth-order valence-electron chi connectivity index (χ4n) is 4.43. The molecule has 3 rings (SSSR count). The van der Waals surface area contributed by atoms with Crippen molar-refractivity contribution in [3.63, 3.8) is 0 Å². The Balaban J connectivity index is 1.99. The van der Waals surface area contributed by atoms with E-state index < -0.39 is 46.9 Å². The molecule has 0 spiro atoms. The van der Waals surface area contributed by atoms with Crippen molar-refractivity contribution < 1.29 is 24.0 Å². The molecule has 0 unspecified atom stereocenters. The first-order valence-corrected chi connectivity index (χ1v) is 10.6. The summed E-state index contributed by atoms with van der Waals surface area (Å²) < 4.78 is 20.0. The van der Waals surface area contributed by atoms with Gasteiger partial charge in [-0.15, -0.1) is 11.3 Å². The van der Waals surface area contributed by atoms with Crippen LogP contribution in [-0.2, 0) is 16.1 Å². The fraction of sp³-hybridized carbons (Fsp3) is 0.476.